The number of nitrogens with one attached hydrogen (secondary N) is 4. The Morgan fingerprint density at radius 1 is 0.809 bits per heavy atom. The summed E-state index contributed by atoms with van der Waals surface area (Å²) in [6, 6.07) is 7.96. The SMILES string of the molecule is CC1(F)C[C@H](C#N)N(C(=O)CNC(=O)C2=CC=NC3=CC=C(OCCCC4CCN(C(=O)CC(=O)NC(=O)[C@H](CCCCNC(=O)CCCc5ccc(I)cc5)NC(=O)CN5CCN(COC=O)CCN(COC=O)CCN(CC(=O)O)CC5)CC4)CC32)C1. The highest BCUT2D eigenvalue weighted by Crippen LogP contribution is 2.35. The second kappa shape index (κ2) is 37.1. The highest BCUT2D eigenvalue weighted by Gasteiger charge is 2.43. The molecule has 5 aliphatic rings. The number of nitriles is 1. The molecule has 3 saturated heterocycles. The molecule has 0 aromatic heterocycles. The monoisotopic (exact) mass is 1350 g/mol. The number of carboxylic acid groups (broad SMARTS) is 1. The number of unbranched alkanes of at least 4 members (excludes halogenated alkanes) is 1. The Kier molecular flexibility index (Phi) is 29.5. The Labute approximate surface area is 532 Å². The number of carbonyl (C=O) groups excluding carboxylic acids is 9. The van der Waals surface area contributed by atoms with Gasteiger partial charge in [-0.2, -0.15) is 5.26 Å². The van der Waals surface area contributed by atoms with E-state index in [9.17, 15) is 62.7 Å². The second-order valence-electron chi connectivity index (χ2n) is 23.2. The maximum absolute atomic E-state index is 14.6. The van der Waals surface area contributed by atoms with E-state index in [0.717, 1.165) is 26.9 Å². The van der Waals surface area contributed by atoms with Crippen LogP contribution >= 0.6 is 22.6 Å². The minimum absolute atomic E-state index is 0.0308. The van der Waals surface area contributed by atoms with Crippen molar-refractivity contribution in [2.45, 2.75) is 108 Å². The number of aliphatic imine (C=N–C) groups is 1. The van der Waals surface area contributed by atoms with Crippen molar-refractivity contribution in [1.82, 2.24) is 50.7 Å². The van der Waals surface area contributed by atoms with Crippen LogP contribution in [-0.2, 0) is 68.6 Å². The number of benzene rings is 1. The van der Waals surface area contributed by atoms with Gasteiger partial charge < -0.3 is 45.1 Å². The van der Waals surface area contributed by atoms with Crippen molar-refractivity contribution in [3.8, 4) is 6.07 Å². The number of piperidine rings is 1. The van der Waals surface area contributed by atoms with Crippen LogP contribution in [0, 0.1) is 26.7 Å². The Morgan fingerprint density at radius 2 is 1.46 bits per heavy atom. The number of aryl methyl sites for hydroxylation is 1. The van der Waals surface area contributed by atoms with Crippen LogP contribution in [-0.4, -0.2) is 237 Å². The number of hydrogen-bond donors (Lipinski definition) is 5. The smallest absolute Gasteiger partial charge is 0.317 e. The first-order chi connectivity index (χ1) is 42.8. The van der Waals surface area contributed by atoms with Gasteiger partial charge in [0.25, 0.3) is 12.9 Å². The number of rotatable bonds is 31. The summed E-state index contributed by atoms with van der Waals surface area (Å²) < 4.78 is 31.9. The van der Waals surface area contributed by atoms with Gasteiger partial charge >= 0.3 is 5.97 Å². The van der Waals surface area contributed by atoms with Gasteiger partial charge in [-0.3, -0.25) is 77.9 Å². The zero-order chi connectivity index (χ0) is 64.1. The minimum Gasteiger partial charge on any atom is -0.498 e. The van der Waals surface area contributed by atoms with Crippen molar-refractivity contribution in [2.24, 2.45) is 16.8 Å². The number of alkyl halides is 1. The number of ether oxygens (including phenoxy) is 3. The lowest BCUT2D eigenvalue weighted by atomic mass is 9.86. The van der Waals surface area contributed by atoms with Gasteiger partial charge in [-0.1, -0.05) is 12.1 Å². The van der Waals surface area contributed by atoms with Crippen molar-refractivity contribution in [3.63, 3.8) is 0 Å². The molecule has 2 unspecified atom stereocenters. The van der Waals surface area contributed by atoms with Crippen LogP contribution in [0.5, 0.6) is 0 Å². The zero-order valence-corrected chi connectivity index (χ0v) is 52.7. The number of carbonyl (C=O) groups is 10. The highest BCUT2D eigenvalue weighted by molar-refractivity contribution is 14.1. The molecule has 0 saturated carbocycles. The summed E-state index contributed by atoms with van der Waals surface area (Å²) in [6.45, 7) is 4.71. The second-order valence-corrected chi connectivity index (χ2v) is 24.4. The van der Waals surface area contributed by atoms with E-state index in [1.807, 2.05) is 46.2 Å². The Morgan fingerprint density at radius 3 is 2.10 bits per heavy atom. The van der Waals surface area contributed by atoms with E-state index in [0.29, 0.717) is 134 Å². The molecule has 5 N–H and O–H groups in total. The van der Waals surface area contributed by atoms with Gasteiger partial charge in [0.2, 0.25) is 41.4 Å². The number of halogens is 2. The molecular weight excluding hydrogens is 1270 g/mol. The van der Waals surface area contributed by atoms with Crippen LogP contribution in [0.1, 0.15) is 89.5 Å². The first-order valence-corrected chi connectivity index (χ1v) is 31.5. The van der Waals surface area contributed by atoms with Gasteiger partial charge in [-0.05, 0) is 129 Å². The number of fused-ring (bicyclic) bond motifs is 1. The van der Waals surface area contributed by atoms with Crippen molar-refractivity contribution < 1.29 is 71.7 Å². The van der Waals surface area contributed by atoms with E-state index >= 15 is 0 Å². The minimum atomic E-state index is -1.68. The maximum Gasteiger partial charge on any atom is 0.317 e. The van der Waals surface area contributed by atoms with E-state index in [2.05, 4.69) is 48.9 Å². The van der Waals surface area contributed by atoms with Gasteiger partial charge in [0.05, 0.1) is 44.6 Å². The molecular formula is C61H84FIN12O14. The van der Waals surface area contributed by atoms with Gasteiger partial charge in [0, 0.05) is 118 Å². The van der Waals surface area contributed by atoms with E-state index < -0.39 is 71.5 Å². The fourth-order valence-electron chi connectivity index (χ4n) is 11.3. The third-order valence-corrected chi connectivity index (χ3v) is 17.0. The van der Waals surface area contributed by atoms with Gasteiger partial charge in [0.1, 0.15) is 37.6 Å². The van der Waals surface area contributed by atoms with Crippen molar-refractivity contribution in [2.75, 3.05) is 118 Å². The summed E-state index contributed by atoms with van der Waals surface area (Å²) in [4.78, 5) is 142. The molecule has 0 bridgehead atoms. The molecule has 89 heavy (non-hydrogen) atoms. The van der Waals surface area contributed by atoms with Crippen LogP contribution in [0.15, 0.2) is 64.5 Å². The number of hydrogen-bond acceptors (Lipinski definition) is 19. The van der Waals surface area contributed by atoms with Gasteiger partial charge in [-0.15, -0.1) is 0 Å². The van der Waals surface area contributed by atoms with Crippen molar-refractivity contribution in [1.29, 1.82) is 5.26 Å². The number of aliphatic carboxylic acids is 1. The lowest BCUT2D eigenvalue weighted by Crippen LogP contribution is -2.53. The lowest BCUT2D eigenvalue weighted by molar-refractivity contribution is -0.140. The standard InChI is InChI=1S/C61H84FIN12O14/c1-61(62)34-47(35-64)75(39-61)57(82)36-67-59(85)49-16-20-65-51-15-14-48(32-50(49)51)89-31-5-7-45-17-21-74(22-18-45)56(81)33-54(79)69-60(86)52(8-2-3-19-66-53(78)9-4-6-44-10-12-46(63)13-11-44)68-55(80)37-70-23-24-71(38-58(83)84)26-28-73(41-88-43-77)30-29-72(27-25-70)40-87-42-76/h10-16,20,42-43,45,47,50,52H,2-9,17-19,21-34,36-41H2,1H3,(H,66,78)(H,67,85)(H,68,80)(H,83,84)(H,69,79,86)/t47-,50?,52+,61?/m1/s1. The molecule has 486 valence electrons. The Balaban J connectivity index is 0.961. The average molecular weight is 1360 g/mol. The third kappa shape index (κ3) is 25.0. The first-order valence-electron chi connectivity index (χ1n) is 30.4. The lowest BCUT2D eigenvalue weighted by Gasteiger charge is -2.33. The molecule has 1 aromatic carbocycles. The largest absolute Gasteiger partial charge is 0.498 e. The van der Waals surface area contributed by atoms with E-state index in [-0.39, 0.29) is 90.5 Å². The topological polar surface area (TPSA) is 322 Å². The summed E-state index contributed by atoms with van der Waals surface area (Å²) in [6.07, 6.45) is 12.0. The zero-order valence-electron chi connectivity index (χ0n) is 50.6. The molecule has 6 rings (SSSR count). The summed E-state index contributed by atoms with van der Waals surface area (Å²) in [5, 5.41) is 29.8. The first kappa shape index (κ1) is 70.9. The normalized spacial score (nSPS) is 20.9. The van der Waals surface area contributed by atoms with Crippen molar-refractivity contribution >= 4 is 89.1 Å². The molecule has 26 nitrogen and oxygen atoms in total. The molecule has 28 heteroatoms. The number of dihydropyridines is 1. The predicted molar refractivity (Wildman–Crippen MR) is 330 cm³/mol. The molecule has 0 radical (unpaired) electrons. The number of likely N-dealkylation sites (tertiary alicyclic amines) is 2. The fraction of sp³-hybridized carbons (Fsp3) is 0.607. The van der Waals surface area contributed by atoms with Gasteiger partial charge in [0.15, 0.2) is 0 Å². The fourth-order valence-corrected chi connectivity index (χ4v) is 11.7. The van der Waals surface area contributed by atoms with Gasteiger partial charge in [-0.25, -0.2) is 4.39 Å². The molecule has 1 aromatic rings. The molecule has 7 amide bonds. The predicted octanol–water partition coefficient (Wildman–Crippen LogP) is 1.79. The maximum atomic E-state index is 14.6. The van der Waals surface area contributed by atoms with E-state index in [1.165, 1.54) is 13.1 Å². The van der Waals surface area contributed by atoms with E-state index in [4.69, 9.17) is 14.2 Å². The highest BCUT2D eigenvalue weighted by atomic mass is 127. The van der Waals surface area contributed by atoms with Crippen LogP contribution < -0.4 is 21.3 Å². The number of carboxylic acids is 1. The molecule has 1 aliphatic carbocycles. The molecule has 4 aliphatic heterocycles. The van der Waals surface area contributed by atoms with E-state index in [1.54, 1.807) is 26.9 Å². The number of allylic oxidation sites excluding steroid dienone is 5. The average Bonchev–Trinajstić information content (AvgIpc) is 2.94. The van der Waals surface area contributed by atoms with Crippen LogP contribution in [0.4, 0.5) is 4.39 Å². The Bertz CT molecular complexity index is 2790. The summed E-state index contributed by atoms with van der Waals surface area (Å²) in [7, 11) is 0. The van der Waals surface area contributed by atoms with Crippen LogP contribution in [0.3, 0.4) is 0 Å². The van der Waals surface area contributed by atoms with Crippen molar-refractivity contribution in [3.05, 3.63) is 68.7 Å². The number of nitrogens with zero attached hydrogens (tertiary/aromatic N) is 8. The summed E-state index contributed by atoms with van der Waals surface area (Å²) >= 11 is 2.24. The Hall–Kier alpha value is -7.20. The number of imide groups is 1. The summed E-state index contributed by atoms with van der Waals surface area (Å²) in [5.41, 5.74) is 0.514. The van der Waals surface area contributed by atoms with Crippen LogP contribution in [0.2, 0.25) is 0 Å². The molecule has 3 fully saturated rings. The molecule has 0 spiro atoms. The molecule has 4 atom stereocenters. The van der Waals surface area contributed by atoms with Crippen LogP contribution in [0.25, 0.3) is 0 Å². The number of amides is 7. The summed E-state index contributed by atoms with van der Waals surface area (Å²) in [5.74, 6) is -4.30. The quantitative estimate of drug-likeness (QED) is 0.0306. The molecule has 4 heterocycles. The third-order valence-electron chi connectivity index (χ3n) is 16.3.